The van der Waals surface area contributed by atoms with Crippen molar-refractivity contribution in [2.75, 3.05) is 18.1 Å². The minimum absolute atomic E-state index is 0.778. The first-order chi connectivity index (χ1) is 2.91. The standard InChI is InChI=1S/C4H10NS/c1-2-6-4-3-5/h1-5H2. The Labute approximate surface area is 43.3 Å². The van der Waals surface area contributed by atoms with E-state index in [1.165, 1.54) is 0 Å². The van der Waals surface area contributed by atoms with E-state index in [4.69, 9.17) is 5.73 Å². The van der Waals surface area contributed by atoms with Gasteiger partial charge in [-0.2, -0.15) is 11.8 Å². The van der Waals surface area contributed by atoms with Gasteiger partial charge in [-0.25, -0.2) is 0 Å². The number of hydrogen-bond donors (Lipinski definition) is 1. The molecule has 0 aliphatic rings. The molecule has 0 rings (SSSR count). The maximum Gasteiger partial charge on any atom is 0.00558 e. The lowest BCUT2D eigenvalue weighted by atomic mass is 10.8. The SMILES string of the molecule is [CH2]CSCCN. The van der Waals surface area contributed by atoms with E-state index in [0.717, 1.165) is 18.1 Å². The summed E-state index contributed by atoms with van der Waals surface area (Å²) in [5, 5.41) is 0. The van der Waals surface area contributed by atoms with Gasteiger partial charge in [0.1, 0.15) is 0 Å². The van der Waals surface area contributed by atoms with Crippen molar-refractivity contribution >= 4 is 11.8 Å². The average molecular weight is 104 g/mol. The van der Waals surface area contributed by atoms with E-state index in [9.17, 15) is 0 Å². The van der Waals surface area contributed by atoms with Gasteiger partial charge in [-0.05, 0) is 12.7 Å². The number of rotatable bonds is 3. The van der Waals surface area contributed by atoms with Gasteiger partial charge in [0.2, 0.25) is 0 Å². The Kier molecular flexibility index (Phi) is 5.58. The van der Waals surface area contributed by atoms with Crippen LogP contribution in [0.4, 0.5) is 0 Å². The van der Waals surface area contributed by atoms with Gasteiger partial charge in [-0.15, -0.1) is 0 Å². The van der Waals surface area contributed by atoms with Crippen LogP contribution in [0.5, 0.6) is 0 Å². The zero-order valence-corrected chi connectivity index (χ0v) is 4.63. The molecular formula is C4H10NS. The highest BCUT2D eigenvalue weighted by Crippen LogP contribution is 1.92. The minimum atomic E-state index is 0.778. The number of hydrogen-bond acceptors (Lipinski definition) is 2. The van der Waals surface area contributed by atoms with Crippen LogP contribution in [-0.4, -0.2) is 18.1 Å². The van der Waals surface area contributed by atoms with E-state index in [0.29, 0.717) is 0 Å². The molecule has 6 heavy (non-hydrogen) atoms. The van der Waals surface area contributed by atoms with Crippen molar-refractivity contribution in [2.45, 2.75) is 0 Å². The summed E-state index contributed by atoms with van der Waals surface area (Å²) >= 11 is 1.77. The largest absolute Gasteiger partial charge is 0.330 e. The third kappa shape index (κ3) is 4.31. The van der Waals surface area contributed by atoms with Crippen molar-refractivity contribution in [3.8, 4) is 0 Å². The fourth-order valence-corrected chi connectivity index (χ4v) is 0.556. The van der Waals surface area contributed by atoms with Crippen LogP contribution in [0.15, 0.2) is 0 Å². The normalized spacial score (nSPS) is 9.00. The molecular weight excluding hydrogens is 94.1 g/mol. The predicted octanol–water partition coefficient (Wildman–Crippen LogP) is 0.512. The summed E-state index contributed by atoms with van der Waals surface area (Å²) in [6.07, 6.45) is 0. The summed E-state index contributed by atoms with van der Waals surface area (Å²) in [7, 11) is 0. The molecule has 0 unspecified atom stereocenters. The van der Waals surface area contributed by atoms with E-state index in [1.54, 1.807) is 11.8 Å². The Hall–Kier alpha value is 0.310. The molecule has 0 fully saturated rings. The molecule has 0 aromatic rings. The van der Waals surface area contributed by atoms with E-state index in [2.05, 4.69) is 6.92 Å². The maximum absolute atomic E-state index is 5.17. The van der Waals surface area contributed by atoms with Crippen molar-refractivity contribution in [1.29, 1.82) is 0 Å². The quantitative estimate of drug-likeness (QED) is 0.528. The zero-order chi connectivity index (χ0) is 4.83. The van der Waals surface area contributed by atoms with Crippen molar-refractivity contribution in [2.24, 2.45) is 5.73 Å². The second-order valence-corrected chi connectivity index (χ2v) is 2.13. The monoisotopic (exact) mass is 104 g/mol. The van der Waals surface area contributed by atoms with Gasteiger partial charge in [0.15, 0.2) is 0 Å². The molecule has 0 amide bonds. The Morgan fingerprint density at radius 2 is 2.33 bits per heavy atom. The smallest absolute Gasteiger partial charge is 0.00558 e. The minimum Gasteiger partial charge on any atom is -0.330 e. The lowest BCUT2D eigenvalue weighted by molar-refractivity contribution is 1.15. The zero-order valence-electron chi connectivity index (χ0n) is 3.81. The molecule has 1 radical (unpaired) electrons. The van der Waals surface area contributed by atoms with Gasteiger partial charge in [0.25, 0.3) is 0 Å². The van der Waals surface area contributed by atoms with Gasteiger partial charge < -0.3 is 5.73 Å². The third-order valence-electron chi connectivity index (χ3n) is 0.407. The van der Waals surface area contributed by atoms with Crippen LogP contribution in [0.25, 0.3) is 0 Å². The highest BCUT2D eigenvalue weighted by atomic mass is 32.2. The Bertz CT molecular complexity index is 19.5. The van der Waals surface area contributed by atoms with E-state index < -0.39 is 0 Å². The van der Waals surface area contributed by atoms with Crippen molar-refractivity contribution < 1.29 is 0 Å². The average Bonchev–Trinajstić information content (AvgIpc) is 1.61. The Morgan fingerprint density at radius 1 is 1.67 bits per heavy atom. The summed E-state index contributed by atoms with van der Waals surface area (Å²) in [5.41, 5.74) is 5.17. The molecule has 2 heteroatoms. The van der Waals surface area contributed by atoms with Gasteiger partial charge in [-0.1, -0.05) is 0 Å². The van der Waals surface area contributed by atoms with Crippen LogP contribution in [0.2, 0.25) is 0 Å². The second-order valence-electron chi connectivity index (χ2n) is 0.901. The first-order valence-electron chi connectivity index (χ1n) is 1.99. The van der Waals surface area contributed by atoms with Crippen molar-refractivity contribution in [3.05, 3.63) is 6.92 Å². The van der Waals surface area contributed by atoms with E-state index >= 15 is 0 Å². The van der Waals surface area contributed by atoms with E-state index in [-0.39, 0.29) is 0 Å². The summed E-state index contributed by atoms with van der Waals surface area (Å²) in [6.45, 7) is 4.41. The highest BCUT2D eigenvalue weighted by molar-refractivity contribution is 7.99. The molecule has 37 valence electrons. The maximum atomic E-state index is 5.17. The first kappa shape index (κ1) is 6.31. The lowest BCUT2D eigenvalue weighted by Crippen LogP contribution is -2.00. The van der Waals surface area contributed by atoms with E-state index in [1.807, 2.05) is 0 Å². The van der Waals surface area contributed by atoms with Crippen LogP contribution in [0.3, 0.4) is 0 Å². The Morgan fingerprint density at radius 3 is 2.50 bits per heavy atom. The molecule has 0 aliphatic carbocycles. The van der Waals surface area contributed by atoms with Crippen molar-refractivity contribution in [3.63, 3.8) is 0 Å². The van der Waals surface area contributed by atoms with Crippen LogP contribution < -0.4 is 5.73 Å². The van der Waals surface area contributed by atoms with Gasteiger partial charge in [-0.3, -0.25) is 0 Å². The predicted molar refractivity (Wildman–Crippen MR) is 31.7 cm³/mol. The molecule has 2 N–H and O–H groups in total. The summed E-state index contributed by atoms with van der Waals surface area (Å²) in [4.78, 5) is 0. The number of thioether (sulfide) groups is 1. The van der Waals surface area contributed by atoms with Crippen molar-refractivity contribution in [1.82, 2.24) is 0 Å². The molecule has 1 nitrogen and oxygen atoms in total. The highest BCUT2D eigenvalue weighted by Gasteiger charge is 1.74. The van der Waals surface area contributed by atoms with Gasteiger partial charge >= 0.3 is 0 Å². The number of nitrogens with two attached hydrogens (primary N) is 1. The van der Waals surface area contributed by atoms with Crippen LogP contribution in [-0.2, 0) is 0 Å². The fraction of sp³-hybridized carbons (Fsp3) is 0.750. The first-order valence-corrected chi connectivity index (χ1v) is 3.14. The topological polar surface area (TPSA) is 26.0 Å². The third-order valence-corrected chi connectivity index (χ3v) is 1.22. The van der Waals surface area contributed by atoms with Gasteiger partial charge in [0, 0.05) is 12.3 Å². The van der Waals surface area contributed by atoms with Crippen LogP contribution in [0, 0.1) is 6.92 Å². The molecule has 0 spiro atoms. The Balaban J connectivity index is 2.34. The van der Waals surface area contributed by atoms with Gasteiger partial charge in [0.05, 0.1) is 0 Å². The molecule has 0 aromatic heterocycles. The molecule has 0 saturated carbocycles. The van der Waals surface area contributed by atoms with Crippen LogP contribution >= 0.6 is 11.8 Å². The molecule has 0 atom stereocenters. The van der Waals surface area contributed by atoms with Crippen LogP contribution in [0.1, 0.15) is 0 Å². The molecule has 0 aliphatic heterocycles. The summed E-state index contributed by atoms with van der Waals surface area (Å²) < 4.78 is 0. The lowest BCUT2D eigenvalue weighted by Gasteiger charge is -1.87. The second kappa shape index (κ2) is 5.31. The summed E-state index contributed by atoms with van der Waals surface area (Å²) in [6, 6.07) is 0. The molecule has 0 heterocycles. The summed E-state index contributed by atoms with van der Waals surface area (Å²) in [5.74, 6) is 1.99. The molecule has 0 saturated heterocycles. The molecule has 0 aromatic carbocycles. The fourth-order valence-electron chi connectivity index (χ4n) is 0.185. The molecule has 0 bridgehead atoms.